The SMILES string of the molecule is CCOc1cc(CNC(=O)c2ccc3c(c2)OCCO3)ccc1OC. The number of ether oxygens (including phenoxy) is 4. The van der Waals surface area contributed by atoms with Crippen molar-refractivity contribution in [1.82, 2.24) is 5.32 Å². The third-order valence-corrected chi connectivity index (χ3v) is 3.79. The van der Waals surface area contributed by atoms with E-state index in [4.69, 9.17) is 18.9 Å². The molecule has 0 aromatic heterocycles. The van der Waals surface area contributed by atoms with Gasteiger partial charge in [-0.1, -0.05) is 6.07 Å². The molecule has 1 N–H and O–H groups in total. The molecule has 0 bridgehead atoms. The predicted molar refractivity (Wildman–Crippen MR) is 92.8 cm³/mol. The fraction of sp³-hybridized carbons (Fsp3) is 0.316. The lowest BCUT2D eigenvalue weighted by atomic mass is 10.1. The third kappa shape index (κ3) is 3.96. The molecule has 0 spiro atoms. The molecule has 2 aromatic rings. The second kappa shape index (κ2) is 7.79. The van der Waals surface area contributed by atoms with Crippen LogP contribution in [-0.4, -0.2) is 32.8 Å². The van der Waals surface area contributed by atoms with Crippen LogP contribution in [0, 0.1) is 0 Å². The number of carbonyl (C=O) groups excluding carboxylic acids is 1. The number of nitrogens with one attached hydrogen (secondary N) is 1. The molecule has 0 saturated carbocycles. The largest absolute Gasteiger partial charge is 0.493 e. The fourth-order valence-electron chi connectivity index (χ4n) is 2.57. The number of hydrogen-bond acceptors (Lipinski definition) is 5. The van der Waals surface area contributed by atoms with Gasteiger partial charge in [0.25, 0.3) is 5.91 Å². The van der Waals surface area contributed by atoms with E-state index in [9.17, 15) is 4.79 Å². The van der Waals surface area contributed by atoms with Crippen LogP contribution in [-0.2, 0) is 6.54 Å². The zero-order valence-electron chi connectivity index (χ0n) is 14.3. The molecule has 0 saturated heterocycles. The molecule has 1 amide bonds. The summed E-state index contributed by atoms with van der Waals surface area (Å²) >= 11 is 0. The normalized spacial score (nSPS) is 12.4. The first-order chi connectivity index (χ1) is 12.2. The lowest BCUT2D eigenvalue weighted by molar-refractivity contribution is 0.0949. The maximum atomic E-state index is 12.4. The molecule has 132 valence electrons. The van der Waals surface area contributed by atoms with Crippen LogP contribution in [0.2, 0.25) is 0 Å². The molecule has 25 heavy (non-hydrogen) atoms. The number of rotatable bonds is 6. The molecule has 1 aliphatic rings. The highest BCUT2D eigenvalue weighted by atomic mass is 16.6. The van der Waals surface area contributed by atoms with Crippen LogP contribution >= 0.6 is 0 Å². The quantitative estimate of drug-likeness (QED) is 0.874. The highest BCUT2D eigenvalue weighted by molar-refractivity contribution is 5.94. The van der Waals surface area contributed by atoms with Crippen LogP contribution in [0.4, 0.5) is 0 Å². The minimum atomic E-state index is -0.175. The van der Waals surface area contributed by atoms with E-state index in [2.05, 4.69) is 5.32 Å². The highest BCUT2D eigenvalue weighted by Gasteiger charge is 2.15. The highest BCUT2D eigenvalue weighted by Crippen LogP contribution is 2.31. The van der Waals surface area contributed by atoms with Crippen LogP contribution in [0.25, 0.3) is 0 Å². The summed E-state index contributed by atoms with van der Waals surface area (Å²) in [5, 5.41) is 2.90. The first kappa shape index (κ1) is 17.0. The average Bonchev–Trinajstić information content (AvgIpc) is 2.66. The van der Waals surface area contributed by atoms with Crippen LogP contribution in [0.15, 0.2) is 36.4 Å². The van der Waals surface area contributed by atoms with Crippen molar-refractivity contribution in [3.8, 4) is 23.0 Å². The molecule has 0 aliphatic carbocycles. The second-order valence-electron chi connectivity index (χ2n) is 5.46. The number of fused-ring (bicyclic) bond motifs is 1. The molecule has 0 radical (unpaired) electrons. The van der Waals surface area contributed by atoms with E-state index in [-0.39, 0.29) is 5.91 Å². The van der Waals surface area contributed by atoms with Gasteiger partial charge in [-0.3, -0.25) is 4.79 Å². The number of benzene rings is 2. The van der Waals surface area contributed by atoms with Gasteiger partial charge in [0.15, 0.2) is 23.0 Å². The Bertz CT molecular complexity index is 759. The van der Waals surface area contributed by atoms with Crippen molar-refractivity contribution in [2.45, 2.75) is 13.5 Å². The van der Waals surface area contributed by atoms with Crippen LogP contribution < -0.4 is 24.3 Å². The summed E-state index contributed by atoms with van der Waals surface area (Å²) in [4.78, 5) is 12.4. The van der Waals surface area contributed by atoms with Gasteiger partial charge in [0, 0.05) is 12.1 Å². The van der Waals surface area contributed by atoms with Gasteiger partial charge in [-0.2, -0.15) is 0 Å². The molecule has 1 heterocycles. The molecule has 6 heteroatoms. The van der Waals surface area contributed by atoms with E-state index >= 15 is 0 Å². The predicted octanol–water partition coefficient (Wildman–Crippen LogP) is 2.80. The summed E-state index contributed by atoms with van der Waals surface area (Å²) in [6.45, 7) is 3.86. The first-order valence-corrected chi connectivity index (χ1v) is 8.19. The average molecular weight is 343 g/mol. The van der Waals surface area contributed by atoms with Crippen molar-refractivity contribution in [3.05, 3.63) is 47.5 Å². The topological polar surface area (TPSA) is 66.0 Å². The molecule has 1 aliphatic heterocycles. The first-order valence-electron chi connectivity index (χ1n) is 8.19. The van der Waals surface area contributed by atoms with Gasteiger partial charge in [-0.05, 0) is 42.8 Å². The van der Waals surface area contributed by atoms with E-state index in [1.54, 1.807) is 25.3 Å². The summed E-state index contributed by atoms with van der Waals surface area (Å²) in [5.74, 6) is 2.42. The number of methoxy groups -OCH3 is 1. The number of hydrogen-bond donors (Lipinski definition) is 1. The summed E-state index contributed by atoms with van der Waals surface area (Å²) in [6.07, 6.45) is 0. The Morgan fingerprint density at radius 2 is 1.88 bits per heavy atom. The van der Waals surface area contributed by atoms with Crippen molar-refractivity contribution >= 4 is 5.91 Å². The Kier molecular flexibility index (Phi) is 5.28. The number of carbonyl (C=O) groups is 1. The molecule has 2 aromatic carbocycles. The minimum absolute atomic E-state index is 0.175. The monoisotopic (exact) mass is 343 g/mol. The smallest absolute Gasteiger partial charge is 0.251 e. The van der Waals surface area contributed by atoms with Gasteiger partial charge in [0.05, 0.1) is 13.7 Å². The van der Waals surface area contributed by atoms with Crippen molar-refractivity contribution in [2.24, 2.45) is 0 Å². The van der Waals surface area contributed by atoms with Gasteiger partial charge in [-0.25, -0.2) is 0 Å². The Labute approximate surface area is 146 Å². The van der Waals surface area contributed by atoms with E-state index in [0.29, 0.717) is 54.9 Å². The third-order valence-electron chi connectivity index (χ3n) is 3.79. The maximum Gasteiger partial charge on any atom is 0.251 e. The zero-order valence-corrected chi connectivity index (χ0v) is 14.3. The second-order valence-corrected chi connectivity index (χ2v) is 5.46. The molecule has 0 unspecified atom stereocenters. The van der Waals surface area contributed by atoms with Gasteiger partial charge in [0.2, 0.25) is 0 Å². The fourth-order valence-corrected chi connectivity index (χ4v) is 2.57. The lowest BCUT2D eigenvalue weighted by Gasteiger charge is -2.18. The molecule has 6 nitrogen and oxygen atoms in total. The Morgan fingerprint density at radius 1 is 1.08 bits per heavy atom. The van der Waals surface area contributed by atoms with Crippen LogP contribution in [0.3, 0.4) is 0 Å². The summed E-state index contributed by atoms with van der Waals surface area (Å²) in [7, 11) is 1.60. The van der Waals surface area contributed by atoms with Crippen molar-refractivity contribution in [2.75, 3.05) is 26.9 Å². The summed E-state index contributed by atoms with van der Waals surface area (Å²) in [5.41, 5.74) is 1.46. The Balaban J connectivity index is 1.67. The summed E-state index contributed by atoms with van der Waals surface area (Å²) in [6, 6.07) is 10.8. The molecule has 3 rings (SSSR count). The minimum Gasteiger partial charge on any atom is -0.493 e. The Hall–Kier alpha value is -2.89. The van der Waals surface area contributed by atoms with Crippen molar-refractivity contribution in [1.29, 1.82) is 0 Å². The summed E-state index contributed by atoms with van der Waals surface area (Å²) < 4.78 is 21.8. The van der Waals surface area contributed by atoms with E-state index in [1.165, 1.54) is 0 Å². The Morgan fingerprint density at radius 3 is 2.64 bits per heavy atom. The van der Waals surface area contributed by atoms with E-state index in [1.807, 2.05) is 25.1 Å². The molecule has 0 atom stereocenters. The van der Waals surface area contributed by atoms with Gasteiger partial charge in [0.1, 0.15) is 13.2 Å². The molecule has 0 fully saturated rings. The zero-order chi connectivity index (χ0) is 17.6. The lowest BCUT2D eigenvalue weighted by Crippen LogP contribution is -2.23. The van der Waals surface area contributed by atoms with Crippen LogP contribution in [0.1, 0.15) is 22.8 Å². The van der Waals surface area contributed by atoms with Gasteiger partial charge in [-0.15, -0.1) is 0 Å². The van der Waals surface area contributed by atoms with Crippen molar-refractivity contribution in [3.63, 3.8) is 0 Å². The van der Waals surface area contributed by atoms with E-state index in [0.717, 1.165) is 5.56 Å². The molecular formula is C19H21NO5. The van der Waals surface area contributed by atoms with Gasteiger partial charge < -0.3 is 24.3 Å². The standard InChI is InChI=1S/C19H21NO5/c1-3-23-17-10-13(4-6-15(17)22-2)12-20-19(21)14-5-7-16-18(11-14)25-9-8-24-16/h4-7,10-11H,3,8-9,12H2,1-2H3,(H,20,21). The maximum absolute atomic E-state index is 12.4. The number of amides is 1. The van der Waals surface area contributed by atoms with Crippen molar-refractivity contribution < 1.29 is 23.7 Å². The van der Waals surface area contributed by atoms with Gasteiger partial charge >= 0.3 is 0 Å². The van der Waals surface area contributed by atoms with E-state index < -0.39 is 0 Å². The van der Waals surface area contributed by atoms with Crippen LogP contribution in [0.5, 0.6) is 23.0 Å². The molecular weight excluding hydrogens is 322 g/mol.